The average Bonchev–Trinajstić information content (AvgIpc) is 2.90. The first-order valence-electron chi connectivity index (χ1n) is 8.99. The molecular formula is C22H23NO. The number of Topliss-reactive ketones (excluding diaryl/α,β-unsaturated/α-hetero) is 1. The second kappa shape index (κ2) is 6.74. The van der Waals surface area contributed by atoms with Gasteiger partial charge >= 0.3 is 0 Å². The number of hydrogen-bond acceptors (Lipinski definition) is 2. The average molecular weight is 317 g/mol. The number of nitrogens with one attached hydrogen (secondary N) is 1. The highest BCUT2D eigenvalue weighted by Gasteiger charge is 2.35. The number of hydrogen-bond donors (Lipinski definition) is 1. The molecule has 1 atom stereocenters. The van der Waals surface area contributed by atoms with E-state index in [0.29, 0.717) is 6.04 Å². The lowest BCUT2D eigenvalue weighted by Crippen LogP contribution is -2.34. The van der Waals surface area contributed by atoms with Crippen LogP contribution in [0.4, 0.5) is 0 Å². The molecule has 0 bridgehead atoms. The van der Waals surface area contributed by atoms with E-state index in [-0.39, 0.29) is 11.8 Å². The SMILES string of the molecule is O=C1/C(=C\c2ccccc2)[C@H](NC2CCCCC2)c2ccccc21. The van der Waals surface area contributed by atoms with Gasteiger partial charge in [0.2, 0.25) is 0 Å². The normalized spacial score (nSPS) is 22.8. The first-order valence-corrected chi connectivity index (χ1v) is 8.99. The van der Waals surface area contributed by atoms with Crippen molar-refractivity contribution in [2.45, 2.75) is 44.2 Å². The smallest absolute Gasteiger partial charge is 0.191 e. The summed E-state index contributed by atoms with van der Waals surface area (Å²) in [5.41, 5.74) is 3.96. The minimum absolute atomic E-state index is 0.0250. The molecule has 2 heteroatoms. The van der Waals surface area contributed by atoms with E-state index in [1.807, 2.05) is 36.4 Å². The van der Waals surface area contributed by atoms with Gasteiger partial charge in [-0.2, -0.15) is 0 Å². The zero-order valence-corrected chi connectivity index (χ0v) is 13.9. The van der Waals surface area contributed by atoms with E-state index in [0.717, 1.165) is 22.3 Å². The molecule has 2 aliphatic carbocycles. The molecule has 0 saturated heterocycles. The minimum Gasteiger partial charge on any atom is -0.303 e. The third-order valence-electron chi connectivity index (χ3n) is 5.22. The maximum atomic E-state index is 12.9. The summed E-state index contributed by atoms with van der Waals surface area (Å²) >= 11 is 0. The minimum atomic E-state index is 0.0250. The predicted molar refractivity (Wildman–Crippen MR) is 97.9 cm³/mol. The number of ketones is 1. The molecule has 0 aliphatic heterocycles. The monoisotopic (exact) mass is 317 g/mol. The van der Waals surface area contributed by atoms with Gasteiger partial charge in [-0.15, -0.1) is 0 Å². The van der Waals surface area contributed by atoms with Crippen molar-refractivity contribution in [1.82, 2.24) is 5.32 Å². The molecule has 2 aromatic rings. The van der Waals surface area contributed by atoms with Gasteiger partial charge in [0.15, 0.2) is 5.78 Å². The van der Waals surface area contributed by atoms with Crippen molar-refractivity contribution >= 4 is 11.9 Å². The first-order chi connectivity index (χ1) is 11.8. The van der Waals surface area contributed by atoms with Crippen molar-refractivity contribution in [2.75, 3.05) is 0 Å². The van der Waals surface area contributed by atoms with Gasteiger partial charge in [-0.1, -0.05) is 73.9 Å². The van der Waals surface area contributed by atoms with Crippen LogP contribution in [0.1, 0.15) is 59.6 Å². The van der Waals surface area contributed by atoms with E-state index >= 15 is 0 Å². The maximum absolute atomic E-state index is 12.9. The van der Waals surface area contributed by atoms with Gasteiger partial charge in [0.1, 0.15) is 0 Å². The first kappa shape index (κ1) is 15.3. The molecule has 1 fully saturated rings. The highest BCUT2D eigenvalue weighted by molar-refractivity contribution is 6.16. The Morgan fingerprint density at radius 3 is 2.38 bits per heavy atom. The number of carbonyl (C=O) groups excluding carboxylic acids is 1. The van der Waals surface area contributed by atoms with E-state index in [4.69, 9.17) is 0 Å². The second-order valence-corrected chi connectivity index (χ2v) is 6.86. The number of fused-ring (bicyclic) bond motifs is 1. The predicted octanol–water partition coefficient (Wildman–Crippen LogP) is 4.93. The molecule has 0 amide bonds. The Hall–Kier alpha value is -2.19. The molecule has 1 saturated carbocycles. The van der Waals surface area contributed by atoms with Crippen molar-refractivity contribution in [3.05, 3.63) is 76.9 Å². The van der Waals surface area contributed by atoms with Gasteiger partial charge < -0.3 is 5.32 Å². The quantitative estimate of drug-likeness (QED) is 0.813. The summed E-state index contributed by atoms with van der Waals surface area (Å²) in [6.45, 7) is 0. The molecule has 0 aromatic heterocycles. The van der Waals surface area contributed by atoms with Gasteiger partial charge in [0.05, 0.1) is 6.04 Å². The van der Waals surface area contributed by atoms with Gasteiger partial charge in [0, 0.05) is 17.2 Å². The van der Waals surface area contributed by atoms with Crippen molar-refractivity contribution < 1.29 is 4.79 Å². The fraction of sp³-hybridized carbons (Fsp3) is 0.318. The van der Waals surface area contributed by atoms with Crippen LogP contribution in [0.2, 0.25) is 0 Å². The Balaban J connectivity index is 1.70. The topological polar surface area (TPSA) is 29.1 Å². The summed E-state index contributed by atoms with van der Waals surface area (Å²) in [7, 11) is 0. The van der Waals surface area contributed by atoms with Crippen LogP contribution in [0, 0.1) is 0 Å². The fourth-order valence-electron chi connectivity index (χ4n) is 3.97. The largest absolute Gasteiger partial charge is 0.303 e. The van der Waals surface area contributed by atoms with Crippen LogP contribution >= 0.6 is 0 Å². The van der Waals surface area contributed by atoms with E-state index in [1.165, 1.54) is 32.1 Å². The van der Waals surface area contributed by atoms with E-state index in [9.17, 15) is 4.79 Å². The van der Waals surface area contributed by atoms with Crippen molar-refractivity contribution in [3.63, 3.8) is 0 Å². The molecule has 0 unspecified atom stereocenters. The standard InChI is InChI=1S/C22H23NO/c24-22-19-14-8-7-13-18(19)21(23-17-11-5-2-6-12-17)20(22)15-16-9-3-1-4-10-16/h1,3-4,7-10,13-15,17,21,23H,2,5-6,11-12H2/b20-15-/t21-/m1/s1. The summed E-state index contributed by atoms with van der Waals surface area (Å²) in [6, 6.07) is 18.7. The summed E-state index contributed by atoms with van der Waals surface area (Å²) in [6.07, 6.45) is 8.40. The number of benzene rings is 2. The van der Waals surface area contributed by atoms with Crippen LogP contribution in [0.15, 0.2) is 60.2 Å². The summed E-state index contributed by atoms with van der Waals surface area (Å²) in [4.78, 5) is 12.9. The molecule has 1 N–H and O–H groups in total. The molecule has 0 heterocycles. The van der Waals surface area contributed by atoms with E-state index < -0.39 is 0 Å². The van der Waals surface area contributed by atoms with Crippen LogP contribution in [-0.4, -0.2) is 11.8 Å². The van der Waals surface area contributed by atoms with Gasteiger partial charge in [-0.3, -0.25) is 4.79 Å². The molecular weight excluding hydrogens is 294 g/mol. The summed E-state index contributed by atoms with van der Waals surface area (Å²) < 4.78 is 0. The Bertz CT molecular complexity index is 757. The molecule has 24 heavy (non-hydrogen) atoms. The van der Waals surface area contributed by atoms with Crippen LogP contribution in [0.25, 0.3) is 6.08 Å². The lowest BCUT2D eigenvalue weighted by atomic mass is 9.93. The molecule has 4 rings (SSSR count). The zero-order valence-electron chi connectivity index (χ0n) is 13.9. The van der Waals surface area contributed by atoms with Crippen molar-refractivity contribution in [1.29, 1.82) is 0 Å². The number of rotatable bonds is 3. The van der Waals surface area contributed by atoms with Gasteiger partial charge in [-0.25, -0.2) is 0 Å². The lowest BCUT2D eigenvalue weighted by Gasteiger charge is -2.27. The fourth-order valence-corrected chi connectivity index (χ4v) is 3.97. The van der Waals surface area contributed by atoms with Crippen LogP contribution in [-0.2, 0) is 0 Å². The Morgan fingerprint density at radius 1 is 0.875 bits per heavy atom. The van der Waals surface area contributed by atoms with Crippen LogP contribution in [0.5, 0.6) is 0 Å². The molecule has 122 valence electrons. The van der Waals surface area contributed by atoms with E-state index in [1.54, 1.807) is 0 Å². The Labute approximate surface area is 143 Å². The maximum Gasteiger partial charge on any atom is 0.191 e. The van der Waals surface area contributed by atoms with Crippen LogP contribution in [0.3, 0.4) is 0 Å². The molecule has 0 radical (unpaired) electrons. The van der Waals surface area contributed by atoms with Gasteiger partial charge in [-0.05, 0) is 30.0 Å². The summed E-state index contributed by atoms with van der Waals surface area (Å²) in [5, 5.41) is 3.79. The van der Waals surface area contributed by atoms with Crippen LogP contribution < -0.4 is 5.32 Å². The molecule has 2 aromatic carbocycles. The lowest BCUT2D eigenvalue weighted by molar-refractivity contribution is 0.103. The summed E-state index contributed by atoms with van der Waals surface area (Å²) in [5.74, 6) is 0.169. The third kappa shape index (κ3) is 2.94. The number of carbonyl (C=O) groups is 1. The van der Waals surface area contributed by atoms with Crippen molar-refractivity contribution in [2.24, 2.45) is 0 Å². The van der Waals surface area contributed by atoms with E-state index in [2.05, 4.69) is 29.6 Å². The third-order valence-corrected chi connectivity index (χ3v) is 5.22. The second-order valence-electron chi connectivity index (χ2n) is 6.86. The van der Waals surface area contributed by atoms with Crippen molar-refractivity contribution in [3.8, 4) is 0 Å². The van der Waals surface area contributed by atoms with Gasteiger partial charge in [0.25, 0.3) is 0 Å². The Kier molecular flexibility index (Phi) is 4.31. The highest BCUT2D eigenvalue weighted by atomic mass is 16.1. The Morgan fingerprint density at radius 2 is 1.58 bits per heavy atom. The zero-order chi connectivity index (χ0) is 16.4. The molecule has 2 aliphatic rings. The molecule has 2 nitrogen and oxygen atoms in total. The molecule has 0 spiro atoms. The highest BCUT2D eigenvalue weighted by Crippen LogP contribution is 2.38.